The minimum atomic E-state index is -0.967. The van der Waals surface area contributed by atoms with Crippen LogP contribution in [0.5, 0.6) is 0 Å². The minimum absolute atomic E-state index is 0.0409. The van der Waals surface area contributed by atoms with E-state index in [4.69, 9.17) is 9.47 Å². The zero-order chi connectivity index (χ0) is 27.1. The number of nitrogens with one attached hydrogen (secondary N) is 2. The highest BCUT2D eigenvalue weighted by Crippen LogP contribution is 2.43. The van der Waals surface area contributed by atoms with Crippen LogP contribution in [0.2, 0.25) is 0 Å². The van der Waals surface area contributed by atoms with Gasteiger partial charge in [-0.1, -0.05) is 55.5 Å². The number of anilines is 1. The fourth-order valence-corrected chi connectivity index (χ4v) is 5.56. The molecule has 4 N–H and O–H groups in total. The Morgan fingerprint density at radius 3 is 2.45 bits per heavy atom. The maximum atomic E-state index is 12.0. The summed E-state index contributed by atoms with van der Waals surface area (Å²) in [4.78, 5) is 24.4. The highest BCUT2D eigenvalue weighted by Gasteiger charge is 2.38. The van der Waals surface area contributed by atoms with E-state index in [1.165, 1.54) is 11.8 Å². The van der Waals surface area contributed by atoms with Crippen LogP contribution in [-0.2, 0) is 16.1 Å². The number of aromatic carboxylic acids is 1. The fraction of sp³-hybridized carbons (Fsp3) is 0.310. The van der Waals surface area contributed by atoms with Crippen molar-refractivity contribution in [3.63, 3.8) is 0 Å². The van der Waals surface area contributed by atoms with Crippen molar-refractivity contribution in [2.75, 3.05) is 17.6 Å². The van der Waals surface area contributed by atoms with E-state index in [1.807, 2.05) is 55.5 Å². The molecular weight excluding hydrogens is 504 g/mol. The standard InChI is InChI=1S/C29H32N2O6S/c1-3-30-29(35)31-22-8-6-7-21(15-22)28-36-24(17-38-25-10-5-4-9-23(25)27(33)34)18(2)26(37-28)20-13-11-19(16-32)12-14-20/h4-15,18,24,26,28,32H,3,16-17H2,1-2H3,(H,33,34)(H2,30,31,35)/t18-,24+,26+,28+/m0/s1. The molecule has 1 heterocycles. The van der Waals surface area contributed by atoms with Gasteiger partial charge in [0, 0.05) is 34.4 Å². The predicted molar refractivity (Wildman–Crippen MR) is 146 cm³/mol. The van der Waals surface area contributed by atoms with Crippen LogP contribution in [0.1, 0.15) is 53.3 Å². The van der Waals surface area contributed by atoms with Gasteiger partial charge in [0.2, 0.25) is 0 Å². The Morgan fingerprint density at radius 2 is 1.74 bits per heavy atom. The van der Waals surface area contributed by atoms with Crippen LogP contribution in [-0.4, -0.2) is 40.6 Å². The lowest BCUT2D eigenvalue weighted by Crippen LogP contribution is -2.38. The lowest BCUT2D eigenvalue weighted by molar-refractivity contribution is -0.268. The Hall–Kier alpha value is -3.37. The van der Waals surface area contributed by atoms with Crippen molar-refractivity contribution in [3.05, 3.63) is 95.1 Å². The summed E-state index contributed by atoms with van der Waals surface area (Å²) in [5, 5.41) is 24.6. The molecule has 0 unspecified atom stereocenters. The lowest BCUT2D eigenvalue weighted by atomic mass is 9.91. The van der Waals surface area contributed by atoms with Gasteiger partial charge < -0.3 is 30.3 Å². The molecule has 1 saturated heterocycles. The van der Waals surface area contributed by atoms with Crippen LogP contribution in [0.3, 0.4) is 0 Å². The van der Waals surface area contributed by atoms with E-state index < -0.39 is 12.3 Å². The summed E-state index contributed by atoms with van der Waals surface area (Å²) in [7, 11) is 0. The molecule has 3 aromatic rings. The lowest BCUT2D eigenvalue weighted by Gasteiger charge is -2.41. The normalized spacial score (nSPS) is 21.0. The van der Waals surface area contributed by atoms with E-state index in [-0.39, 0.29) is 36.3 Å². The average Bonchev–Trinajstić information content (AvgIpc) is 2.93. The first-order chi connectivity index (χ1) is 18.4. The average molecular weight is 537 g/mol. The van der Waals surface area contributed by atoms with E-state index in [1.54, 1.807) is 24.3 Å². The Kier molecular flexibility index (Phi) is 9.41. The zero-order valence-corrected chi connectivity index (χ0v) is 22.1. The second-order valence-corrected chi connectivity index (χ2v) is 10.1. The highest BCUT2D eigenvalue weighted by atomic mass is 32.2. The number of urea groups is 1. The van der Waals surface area contributed by atoms with Crippen LogP contribution in [0.4, 0.5) is 10.5 Å². The smallest absolute Gasteiger partial charge is 0.336 e. The van der Waals surface area contributed by atoms with Crippen molar-refractivity contribution in [2.45, 2.75) is 43.8 Å². The van der Waals surface area contributed by atoms with Crippen molar-refractivity contribution in [3.8, 4) is 0 Å². The maximum Gasteiger partial charge on any atom is 0.336 e. The van der Waals surface area contributed by atoms with Gasteiger partial charge in [-0.05, 0) is 42.3 Å². The quantitative estimate of drug-likeness (QED) is 0.263. The number of amides is 2. The fourth-order valence-electron chi connectivity index (χ4n) is 4.35. The van der Waals surface area contributed by atoms with Gasteiger partial charge in [-0.15, -0.1) is 11.8 Å². The van der Waals surface area contributed by atoms with Gasteiger partial charge in [0.25, 0.3) is 0 Å². The molecule has 2 amide bonds. The maximum absolute atomic E-state index is 12.0. The number of aliphatic hydroxyl groups excluding tert-OH is 1. The summed E-state index contributed by atoms with van der Waals surface area (Å²) in [6.45, 7) is 4.38. The molecule has 38 heavy (non-hydrogen) atoms. The highest BCUT2D eigenvalue weighted by molar-refractivity contribution is 7.99. The van der Waals surface area contributed by atoms with E-state index in [2.05, 4.69) is 17.6 Å². The van der Waals surface area contributed by atoms with Crippen molar-refractivity contribution in [1.29, 1.82) is 0 Å². The van der Waals surface area contributed by atoms with Crippen LogP contribution in [0.25, 0.3) is 0 Å². The van der Waals surface area contributed by atoms with Gasteiger partial charge in [0.1, 0.15) is 0 Å². The first kappa shape index (κ1) is 27.7. The van der Waals surface area contributed by atoms with Gasteiger partial charge in [0.15, 0.2) is 6.29 Å². The summed E-state index contributed by atoms with van der Waals surface area (Å²) in [5.41, 5.74) is 3.40. The molecule has 0 radical (unpaired) electrons. The second-order valence-electron chi connectivity index (χ2n) is 9.04. The Morgan fingerprint density at radius 1 is 0.974 bits per heavy atom. The van der Waals surface area contributed by atoms with Crippen molar-refractivity contribution >= 4 is 29.4 Å². The number of carboxylic acid groups (broad SMARTS) is 1. The number of carbonyl (C=O) groups excluding carboxylic acids is 1. The van der Waals surface area contributed by atoms with Crippen LogP contribution in [0.15, 0.2) is 77.7 Å². The third-order valence-corrected chi connectivity index (χ3v) is 7.56. The number of hydrogen-bond donors (Lipinski definition) is 4. The molecule has 4 rings (SSSR count). The summed E-state index contributed by atoms with van der Waals surface area (Å²) >= 11 is 1.44. The Bertz CT molecular complexity index is 1250. The molecule has 4 atom stereocenters. The zero-order valence-electron chi connectivity index (χ0n) is 21.3. The summed E-state index contributed by atoms with van der Waals surface area (Å²) < 4.78 is 12.9. The van der Waals surface area contributed by atoms with Gasteiger partial charge in [-0.3, -0.25) is 0 Å². The van der Waals surface area contributed by atoms with Gasteiger partial charge >= 0.3 is 12.0 Å². The van der Waals surface area contributed by atoms with Crippen molar-refractivity contribution in [2.24, 2.45) is 5.92 Å². The molecule has 8 nitrogen and oxygen atoms in total. The molecule has 1 aliphatic heterocycles. The molecule has 3 aromatic carbocycles. The molecular formula is C29H32N2O6S. The van der Waals surface area contributed by atoms with Crippen LogP contribution in [0, 0.1) is 5.92 Å². The number of ether oxygens (including phenoxy) is 2. The third-order valence-electron chi connectivity index (χ3n) is 6.40. The first-order valence-corrected chi connectivity index (χ1v) is 13.5. The third kappa shape index (κ3) is 6.73. The van der Waals surface area contributed by atoms with E-state index in [9.17, 15) is 19.8 Å². The minimum Gasteiger partial charge on any atom is -0.478 e. The molecule has 0 aliphatic carbocycles. The number of carboxylic acids is 1. The Labute approximate surface area is 226 Å². The van der Waals surface area contributed by atoms with Gasteiger partial charge in [-0.25, -0.2) is 9.59 Å². The molecule has 9 heteroatoms. The SMILES string of the molecule is CCNC(=O)Nc1cccc([C@@H]2O[C@H](CSc3ccccc3C(=O)O)[C@H](C)[C@H](c3ccc(CO)cc3)O2)c1. The molecule has 1 fully saturated rings. The summed E-state index contributed by atoms with van der Waals surface area (Å²) in [5.74, 6) is -0.495. The van der Waals surface area contributed by atoms with Crippen molar-refractivity contribution in [1.82, 2.24) is 5.32 Å². The largest absolute Gasteiger partial charge is 0.478 e. The number of hydrogen-bond acceptors (Lipinski definition) is 6. The molecule has 200 valence electrons. The van der Waals surface area contributed by atoms with E-state index in [0.717, 1.165) is 16.7 Å². The predicted octanol–water partition coefficient (Wildman–Crippen LogP) is 5.60. The molecule has 1 aliphatic rings. The molecule has 0 aromatic heterocycles. The number of thioether (sulfide) groups is 1. The van der Waals surface area contributed by atoms with Crippen molar-refractivity contribution < 1.29 is 29.3 Å². The Balaban J connectivity index is 1.60. The van der Waals surface area contributed by atoms with Crippen LogP contribution >= 0.6 is 11.8 Å². The molecule has 0 saturated carbocycles. The number of aliphatic hydroxyl groups is 1. The topological polar surface area (TPSA) is 117 Å². The summed E-state index contributed by atoms with van der Waals surface area (Å²) in [6.07, 6.45) is -1.27. The number of carbonyl (C=O) groups is 2. The van der Waals surface area contributed by atoms with E-state index in [0.29, 0.717) is 22.9 Å². The second kappa shape index (κ2) is 12.9. The molecule has 0 spiro atoms. The number of benzene rings is 3. The summed E-state index contributed by atoms with van der Waals surface area (Å²) in [6, 6.07) is 21.6. The molecule has 0 bridgehead atoms. The van der Waals surface area contributed by atoms with Gasteiger partial charge in [-0.2, -0.15) is 0 Å². The first-order valence-electron chi connectivity index (χ1n) is 12.5. The van der Waals surface area contributed by atoms with Crippen LogP contribution < -0.4 is 10.6 Å². The monoisotopic (exact) mass is 536 g/mol. The van der Waals surface area contributed by atoms with Gasteiger partial charge in [0.05, 0.1) is 24.4 Å². The number of rotatable bonds is 9. The van der Waals surface area contributed by atoms with E-state index >= 15 is 0 Å².